The van der Waals surface area contributed by atoms with E-state index in [2.05, 4.69) is 5.32 Å². The van der Waals surface area contributed by atoms with Gasteiger partial charge in [0, 0.05) is 13.1 Å². The lowest BCUT2D eigenvalue weighted by Crippen LogP contribution is -2.47. The first kappa shape index (κ1) is 19.5. The number of carbonyl (C=O) groups is 2. The van der Waals surface area contributed by atoms with Crippen molar-refractivity contribution in [1.29, 1.82) is 0 Å². The number of amides is 2. The first-order chi connectivity index (χ1) is 9.56. The summed E-state index contributed by atoms with van der Waals surface area (Å²) in [7, 11) is 0. The Bertz CT molecular complexity index is 348. The first-order valence-electron chi connectivity index (χ1n) is 6.50. The van der Waals surface area contributed by atoms with Gasteiger partial charge in [-0.25, -0.2) is 4.79 Å². The highest BCUT2D eigenvalue weighted by atomic mass is 19.4. The molecule has 0 aliphatic carbocycles. The summed E-state index contributed by atoms with van der Waals surface area (Å²) < 4.78 is 36.9. The van der Waals surface area contributed by atoms with Crippen molar-refractivity contribution in [3.63, 3.8) is 0 Å². The molecule has 0 saturated carbocycles. The smallest absolute Gasteiger partial charge is 0.406 e. The summed E-state index contributed by atoms with van der Waals surface area (Å²) in [5.74, 6) is -1.91. The monoisotopic (exact) mass is 314 g/mol. The number of aliphatic hydroxyl groups excluding tert-OH is 1. The maximum Gasteiger partial charge on any atom is 0.406 e. The standard InChI is InChI=1S/C12H21F3N2O4/c1-8(2)5-9(10(19)20)6-16-11(21)17(3-4-18)7-12(13,14)15/h8-9,18H,3-7H2,1-2H3,(H,16,21)(H,19,20). The minimum atomic E-state index is -4.59. The van der Waals surface area contributed by atoms with Crippen molar-refractivity contribution in [2.24, 2.45) is 11.8 Å². The summed E-state index contributed by atoms with van der Waals surface area (Å²) in [5.41, 5.74) is 0. The molecule has 1 unspecified atom stereocenters. The molecule has 0 rings (SSSR count). The fourth-order valence-electron chi connectivity index (χ4n) is 1.75. The van der Waals surface area contributed by atoms with Gasteiger partial charge in [-0.1, -0.05) is 13.8 Å². The maximum absolute atomic E-state index is 12.3. The van der Waals surface area contributed by atoms with E-state index < -0.39 is 43.8 Å². The van der Waals surface area contributed by atoms with E-state index in [4.69, 9.17) is 10.2 Å². The van der Waals surface area contributed by atoms with Crippen molar-refractivity contribution in [1.82, 2.24) is 10.2 Å². The summed E-state index contributed by atoms with van der Waals surface area (Å²) >= 11 is 0. The summed E-state index contributed by atoms with van der Waals surface area (Å²) in [5, 5.41) is 19.8. The molecule has 0 aliphatic heterocycles. The van der Waals surface area contributed by atoms with Crippen LogP contribution < -0.4 is 5.32 Å². The van der Waals surface area contributed by atoms with E-state index in [0.717, 1.165) is 0 Å². The number of aliphatic carboxylic acids is 1. The van der Waals surface area contributed by atoms with Crippen molar-refractivity contribution in [3.8, 4) is 0 Å². The number of carbonyl (C=O) groups excluding carboxylic acids is 1. The summed E-state index contributed by atoms with van der Waals surface area (Å²) in [6, 6.07) is -1.05. The average Bonchev–Trinajstić information content (AvgIpc) is 2.31. The van der Waals surface area contributed by atoms with Gasteiger partial charge < -0.3 is 20.4 Å². The molecule has 9 heteroatoms. The molecule has 0 spiro atoms. The van der Waals surface area contributed by atoms with Gasteiger partial charge in [0.1, 0.15) is 6.54 Å². The van der Waals surface area contributed by atoms with E-state index in [1.165, 1.54) is 0 Å². The van der Waals surface area contributed by atoms with Crippen molar-refractivity contribution < 1.29 is 33.0 Å². The Labute approximate surface area is 120 Å². The molecule has 0 saturated heterocycles. The van der Waals surface area contributed by atoms with Crippen LogP contribution in [0, 0.1) is 11.8 Å². The molecule has 3 N–H and O–H groups in total. The van der Waals surface area contributed by atoms with Crippen LogP contribution in [0.5, 0.6) is 0 Å². The molecule has 0 aliphatic rings. The third kappa shape index (κ3) is 9.11. The highest BCUT2D eigenvalue weighted by Crippen LogP contribution is 2.16. The topological polar surface area (TPSA) is 89.9 Å². The van der Waals surface area contributed by atoms with Gasteiger partial charge in [-0.2, -0.15) is 13.2 Å². The SMILES string of the molecule is CC(C)CC(CNC(=O)N(CCO)CC(F)(F)F)C(=O)O. The number of rotatable bonds is 8. The Kier molecular flexibility index (Phi) is 8.08. The van der Waals surface area contributed by atoms with Crippen molar-refractivity contribution >= 4 is 12.0 Å². The second kappa shape index (κ2) is 8.71. The van der Waals surface area contributed by atoms with E-state index in [1.807, 2.05) is 0 Å². The average molecular weight is 314 g/mol. The fraction of sp³-hybridized carbons (Fsp3) is 0.833. The van der Waals surface area contributed by atoms with Crippen LogP contribution in [-0.2, 0) is 4.79 Å². The lowest BCUT2D eigenvalue weighted by Gasteiger charge is -2.24. The van der Waals surface area contributed by atoms with Crippen LogP contribution in [0.25, 0.3) is 0 Å². The Balaban J connectivity index is 4.56. The van der Waals surface area contributed by atoms with Crippen LogP contribution in [0.4, 0.5) is 18.0 Å². The Morgan fingerprint density at radius 1 is 1.29 bits per heavy atom. The van der Waals surface area contributed by atoms with E-state index >= 15 is 0 Å². The Morgan fingerprint density at radius 2 is 1.86 bits per heavy atom. The van der Waals surface area contributed by atoms with Crippen LogP contribution in [-0.4, -0.2) is 59.5 Å². The van der Waals surface area contributed by atoms with Gasteiger partial charge in [0.15, 0.2) is 0 Å². The van der Waals surface area contributed by atoms with Crippen LogP contribution in [0.1, 0.15) is 20.3 Å². The minimum absolute atomic E-state index is 0.0757. The van der Waals surface area contributed by atoms with Crippen molar-refractivity contribution in [3.05, 3.63) is 0 Å². The highest BCUT2D eigenvalue weighted by molar-refractivity contribution is 5.76. The number of alkyl halides is 3. The first-order valence-corrected chi connectivity index (χ1v) is 6.50. The van der Waals surface area contributed by atoms with Crippen LogP contribution in [0.2, 0.25) is 0 Å². The minimum Gasteiger partial charge on any atom is -0.481 e. The zero-order chi connectivity index (χ0) is 16.6. The molecule has 0 aromatic rings. The predicted molar refractivity (Wildman–Crippen MR) is 68.7 cm³/mol. The molecule has 2 amide bonds. The fourth-order valence-corrected chi connectivity index (χ4v) is 1.75. The molecular weight excluding hydrogens is 293 g/mol. The van der Waals surface area contributed by atoms with Crippen molar-refractivity contribution in [2.75, 3.05) is 26.2 Å². The zero-order valence-electron chi connectivity index (χ0n) is 12.0. The molecule has 0 aromatic heterocycles. The number of urea groups is 1. The molecular formula is C12H21F3N2O4. The number of nitrogens with one attached hydrogen (secondary N) is 1. The number of nitrogens with zero attached hydrogens (tertiary/aromatic N) is 1. The van der Waals surface area contributed by atoms with E-state index in [1.54, 1.807) is 13.8 Å². The van der Waals surface area contributed by atoms with Crippen molar-refractivity contribution in [2.45, 2.75) is 26.4 Å². The maximum atomic E-state index is 12.3. The molecule has 6 nitrogen and oxygen atoms in total. The van der Waals surface area contributed by atoms with Gasteiger partial charge in [0.25, 0.3) is 0 Å². The molecule has 124 valence electrons. The number of hydrogen-bond donors (Lipinski definition) is 3. The van der Waals surface area contributed by atoms with Gasteiger partial charge in [-0.3, -0.25) is 4.79 Å². The molecule has 1 atom stereocenters. The van der Waals surface area contributed by atoms with Crippen LogP contribution in [0.15, 0.2) is 0 Å². The van der Waals surface area contributed by atoms with E-state index in [9.17, 15) is 22.8 Å². The molecule has 0 bridgehead atoms. The second-order valence-electron chi connectivity index (χ2n) is 5.11. The summed E-state index contributed by atoms with van der Waals surface area (Å²) in [4.78, 5) is 23.0. The largest absolute Gasteiger partial charge is 0.481 e. The Hall–Kier alpha value is -1.51. The predicted octanol–water partition coefficient (Wildman–Crippen LogP) is 1.30. The van der Waals surface area contributed by atoms with Crippen LogP contribution >= 0.6 is 0 Å². The second-order valence-corrected chi connectivity index (χ2v) is 5.11. The summed E-state index contributed by atoms with van der Waals surface area (Å²) in [6.07, 6.45) is -4.29. The molecule has 0 heterocycles. The quantitative estimate of drug-likeness (QED) is 0.630. The molecule has 0 radical (unpaired) electrons. The van der Waals surface area contributed by atoms with E-state index in [-0.39, 0.29) is 12.5 Å². The molecule has 0 aromatic carbocycles. The third-order valence-electron chi connectivity index (χ3n) is 2.63. The lowest BCUT2D eigenvalue weighted by atomic mass is 9.97. The number of carboxylic acids is 1. The Morgan fingerprint density at radius 3 is 2.24 bits per heavy atom. The molecule has 0 fully saturated rings. The number of aliphatic hydroxyl groups is 1. The normalized spacial score (nSPS) is 13.1. The van der Waals surface area contributed by atoms with E-state index in [0.29, 0.717) is 11.3 Å². The summed E-state index contributed by atoms with van der Waals surface area (Å²) in [6.45, 7) is 0.761. The zero-order valence-corrected chi connectivity index (χ0v) is 12.0. The lowest BCUT2D eigenvalue weighted by molar-refractivity contribution is -0.143. The van der Waals surface area contributed by atoms with Gasteiger partial charge in [0.2, 0.25) is 0 Å². The number of halogens is 3. The molecule has 21 heavy (non-hydrogen) atoms. The highest BCUT2D eigenvalue weighted by Gasteiger charge is 2.33. The third-order valence-corrected chi connectivity index (χ3v) is 2.63. The van der Waals surface area contributed by atoms with Gasteiger partial charge in [-0.05, 0) is 12.3 Å². The van der Waals surface area contributed by atoms with Crippen LogP contribution in [0.3, 0.4) is 0 Å². The van der Waals surface area contributed by atoms with Gasteiger partial charge in [0.05, 0.1) is 12.5 Å². The van der Waals surface area contributed by atoms with Gasteiger partial charge in [-0.15, -0.1) is 0 Å². The van der Waals surface area contributed by atoms with Gasteiger partial charge >= 0.3 is 18.2 Å². The number of hydrogen-bond acceptors (Lipinski definition) is 3. The number of carboxylic acid groups (broad SMARTS) is 1.